The van der Waals surface area contributed by atoms with E-state index in [1.807, 2.05) is 0 Å². The highest BCUT2D eigenvalue weighted by molar-refractivity contribution is 5.34. The molecule has 2 aromatic rings. The highest BCUT2D eigenvalue weighted by atomic mass is 16.3. The molecule has 0 aliphatic heterocycles. The molecule has 0 bridgehead atoms. The second-order valence-corrected chi connectivity index (χ2v) is 5.55. The van der Waals surface area contributed by atoms with Crippen molar-refractivity contribution in [3.63, 3.8) is 0 Å². The summed E-state index contributed by atoms with van der Waals surface area (Å²) in [6.07, 6.45) is 2.79. The monoisotopic (exact) mass is 255 g/mol. The van der Waals surface area contributed by atoms with Crippen molar-refractivity contribution in [2.45, 2.75) is 45.3 Å². The number of aryl methyl sites for hydroxylation is 1. The molecule has 0 radical (unpaired) electrons. The average molecular weight is 255 g/mol. The fourth-order valence-electron chi connectivity index (χ4n) is 3.32. The summed E-state index contributed by atoms with van der Waals surface area (Å²) in [6, 6.07) is 13.1. The molecule has 0 spiro atoms. The molecule has 2 atom stereocenters. The molecule has 1 aromatic carbocycles. The zero-order valence-electron chi connectivity index (χ0n) is 11.6. The van der Waals surface area contributed by atoms with E-state index in [1.54, 1.807) is 0 Å². The zero-order chi connectivity index (χ0) is 13.4. The van der Waals surface area contributed by atoms with Crippen LogP contribution in [0.3, 0.4) is 0 Å². The first-order chi connectivity index (χ1) is 9.18. The summed E-state index contributed by atoms with van der Waals surface area (Å²) in [5, 5.41) is 10.1. The van der Waals surface area contributed by atoms with Crippen molar-refractivity contribution in [3.8, 4) is 0 Å². The molecular formula is C17H21NO. The van der Waals surface area contributed by atoms with Gasteiger partial charge in [0.25, 0.3) is 0 Å². The van der Waals surface area contributed by atoms with Crippen molar-refractivity contribution in [2.24, 2.45) is 0 Å². The van der Waals surface area contributed by atoms with Crippen molar-refractivity contribution >= 4 is 0 Å². The Kier molecular flexibility index (Phi) is 3.19. The van der Waals surface area contributed by atoms with Crippen LogP contribution in [0.2, 0.25) is 0 Å². The molecule has 1 heterocycles. The molecule has 0 saturated carbocycles. The van der Waals surface area contributed by atoms with Gasteiger partial charge in [0, 0.05) is 17.0 Å². The van der Waals surface area contributed by atoms with Gasteiger partial charge in [0.2, 0.25) is 0 Å². The number of fused-ring (bicyclic) bond motifs is 1. The van der Waals surface area contributed by atoms with Crippen LogP contribution < -0.4 is 0 Å². The largest absolute Gasteiger partial charge is 0.388 e. The molecule has 0 amide bonds. The Morgan fingerprint density at radius 1 is 1.26 bits per heavy atom. The fourth-order valence-corrected chi connectivity index (χ4v) is 3.32. The van der Waals surface area contributed by atoms with Gasteiger partial charge < -0.3 is 9.67 Å². The third-order valence-electron chi connectivity index (χ3n) is 4.29. The van der Waals surface area contributed by atoms with Gasteiger partial charge in [0.15, 0.2) is 0 Å². The summed E-state index contributed by atoms with van der Waals surface area (Å²) < 4.78 is 2.40. The van der Waals surface area contributed by atoms with E-state index in [2.05, 4.69) is 54.8 Å². The minimum Gasteiger partial charge on any atom is -0.388 e. The Labute approximate surface area is 114 Å². The number of rotatable bonds is 2. The van der Waals surface area contributed by atoms with E-state index in [0.717, 1.165) is 24.8 Å². The van der Waals surface area contributed by atoms with E-state index in [-0.39, 0.29) is 6.10 Å². The van der Waals surface area contributed by atoms with Crippen LogP contribution in [0.5, 0.6) is 0 Å². The Bertz CT molecular complexity index is 570. The number of benzene rings is 1. The SMILES string of the molecule is Cc1cc2c(n1C(C)c1ccccc1)CCCC2O. The Hall–Kier alpha value is -1.54. The van der Waals surface area contributed by atoms with Gasteiger partial charge in [-0.05, 0) is 44.7 Å². The maximum absolute atomic E-state index is 10.1. The minimum atomic E-state index is -0.272. The number of aliphatic hydroxyl groups is 1. The molecule has 1 aliphatic rings. The smallest absolute Gasteiger partial charge is 0.0807 e. The van der Waals surface area contributed by atoms with Crippen LogP contribution in [0.4, 0.5) is 0 Å². The van der Waals surface area contributed by atoms with E-state index >= 15 is 0 Å². The molecule has 3 rings (SSSR count). The molecule has 0 fully saturated rings. The molecular weight excluding hydrogens is 234 g/mol. The van der Waals surface area contributed by atoms with Crippen molar-refractivity contribution in [1.29, 1.82) is 0 Å². The van der Waals surface area contributed by atoms with Crippen LogP contribution in [0.1, 0.15) is 54.4 Å². The van der Waals surface area contributed by atoms with Crippen molar-refractivity contribution in [2.75, 3.05) is 0 Å². The van der Waals surface area contributed by atoms with Gasteiger partial charge in [0.05, 0.1) is 12.1 Å². The number of hydrogen-bond acceptors (Lipinski definition) is 1. The zero-order valence-corrected chi connectivity index (χ0v) is 11.6. The number of aliphatic hydroxyl groups excluding tert-OH is 1. The van der Waals surface area contributed by atoms with Crippen molar-refractivity contribution in [1.82, 2.24) is 4.57 Å². The average Bonchev–Trinajstić information content (AvgIpc) is 2.77. The quantitative estimate of drug-likeness (QED) is 0.868. The van der Waals surface area contributed by atoms with Gasteiger partial charge in [-0.15, -0.1) is 0 Å². The summed E-state index contributed by atoms with van der Waals surface area (Å²) >= 11 is 0. The predicted octanol–water partition coefficient (Wildman–Crippen LogP) is 3.78. The van der Waals surface area contributed by atoms with Gasteiger partial charge in [-0.2, -0.15) is 0 Å². The molecule has 0 saturated heterocycles. The maximum atomic E-state index is 10.1. The van der Waals surface area contributed by atoms with Crippen LogP contribution in [-0.2, 0) is 6.42 Å². The molecule has 2 heteroatoms. The van der Waals surface area contributed by atoms with Gasteiger partial charge in [-0.25, -0.2) is 0 Å². The summed E-state index contributed by atoms with van der Waals surface area (Å²) in [4.78, 5) is 0. The summed E-state index contributed by atoms with van der Waals surface area (Å²) in [6.45, 7) is 4.38. The lowest BCUT2D eigenvalue weighted by molar-refractivity contribution is 0.155. The highest BCUT2D eigenvalue weighted by Crippen LogP contribution is 2.35. The van der Waals surface area contributed by atoms with Crippen LogP contribution in [0.25, 0.3) is 0 Å². The van der Waals surface area contributed by atoms with Crippen LogP contribution in [0, 0.1) is 6.92 Å². The van der Waals surface area contributed by atoms with E-state index < -0.39 is 0 Å². The first kappa shape index (κ1) is 12.5. The van der Waals surface area contributed by atoms with Crippen LogP contribution in [0.15, 0.2) is 36.4 Å². The van der Waals surface area contributed by atoms with Crippen LogP contribution >= 0.6 is 0 Å². The molecule has 1 aliphatic carbocycles. The van der Waals surface area contributed by atoms with E-state index in [0.29, 0.717) is 6.04 Å². The second kappa shape index (κ2) is 4.86. The van der Waals surface area contributed by atoms with E-state index in [9.17, 15) is 5.11 Å². The Morgan fingerprint density at radius 3 is 2.74 bits per heavy atom. The Morgan fingerprint density at radius 2 is 2.00 bits per heavy atom. The molecule has 2 nitrogen and oxygen atoms in total. The van der Waals surface area contributed by atoms with Crippen molar-refractivity contribution in [3.05, 3.63) is 58.9 Å². The van der Waals surface area contributed by atoms with Crippen LogP contribution in [-0.4, -0.2) is 9.67 Å². The highest BCUT2D eigenvalue weighted by Gasteiger charge is 2.25. The normalized spacial score (nSPS) is 20.1. The summed E-state index contributed by atoms with van der Waals surface area (Å²) in [7, 11) is 0. The lowest BCUT2D eigenvalue weighted by Crippen LogP contribution is -2.16. The van der Waals surface area contributed by atoms with Gasteiger partial charge in [-0.3, -0.25) is 0 Å². The predicted molar refractivity (Wildman–Crippen MR) is 77.3 cm³/mol. The Balaban J connectivity index is 2.06. The molecule has 19 heavy (non-hydrogen) atoms. The number of aromatic nitrogens is 1. The molecule has 1 N–H and O–H groups in total. The van der Waals surface area contributed by atoms with Gasteiger partial charge in [-0.1, -0.05) is 30.3 Å². The molecule has 100 valence electrons. The summed E-state index contributed by atoms with van der Waals surface area (Å²) in [5.41, 5.74) is 5.05. The maximum Gasteiger partial charge on any atom is 0.0807 e. The standard InChI is InChI=1S/C17H21NO/c1-12-11-15-16(9-6-10-17(15)19)18(12)13(2)14-7-4-3-5-8-14/h3-5,7-8,11,13,17,19H,6,9-10H2,1-2H3. The lowest BCUT2D eigenvalue weighted by Gasteiger charge is -2.24. The van der Waals surface area contributed by atoms with E-state index in [4.69, 9.17) is 0 Å². The van der Waals surface area contributed by atoms with Gasteiger partial charge >= 0.3 is 0 Å². The third-order valence-corrected chi connectivity index (χ3v) is 4.29. The number of nitrogens with zero attached hydrogens (tertiary/aromatic N) is 1. The van der Waals surface area contributed by atoms with E-state index in [1.165, 1.54) is 17.0 Å². The molecule has 1 aromatic heterocycles. The van der Waals surface area contributed by atoms with Gasteiger partial charge in [0.1, 0.15) is 0 Å². The third kappa shape index (κ3) is 2.10. The topological polar surface area (TPSA) is 25.2 Å². The first-order valence-corrected chi connectivity index (χ1v) is 7.12. The molecule has 2 unspecified atom stereocenters. The fraction of sp³-hybridized carbons (Fsp3) is 0.412. The first-order valence-electron chi connectivity index (χ1n) is 7.12. The summed E-state index contributed by atoms with van der Waals surface area (Å²) in [5.74, 6) is 0. The minimum absolute atomic E-state index is 0.272. The lowest BCUT2D eigenvalue weighted by atomic mass is 9.95. The van der Waals surface area contributed by atoms with Crippen molar-refractivity contribution < 1.29 is 5.11 Å². The second-order valence-electron chi connectivity index (χ2n) is 5.55. The number of hydrogen-bond donors (Lipinski definition) is 1.